The standard InChI is InChI=1S/C61H119NO5/c1-3-5-7-9-11-13-15-17-18-23-27-31-35-39-43-47-51-55-61(66)67-56-52-48-44-40-36-32-28-25-22-20-19-21-24-26-30-34-38-42-46-50-54-60(65)62-58(57-63)59(64)53-49-45-41-37-33-29-16-14-12-10-8-6-4-2/h49,53,58-59,63-64H,3-48,50-52,54-57H2,1-2H3,(H,62,65)/b53-49+. The molecule has 3 N–H and O–H groups in total. The summed E-state index contributed by atoms with van der Waals surface area (Å²) in [6, 6.07) is -0.627. The van der Waals surface area contributed by atoms with E-state index in [9.17, 15) is 19.8 Å². The van der Waals surface area contributed by atoms with Crippen molar-refractivity contribution in [3.05, 3.63) is 12.2 Å². The average Bonchev–Trinajstić information content (AvgIpc) is 3.33. The van der Waals surface area contributed by atoms with Crippen LogP contribution in [0.3, 0.4) is 0 Å². The zero-order chi connectivity index (χ0) is 48.6. The highest BCUT2D eigenvalue weighted by atomic mass is 16.5. The first-order valence-corrected chi connectivity index (χ1v) is 30.5. The maximum absolute atomic E-state index is 12.4. The van der Waals surface area contributed by atoms with E-state index >= 15 is 0 Å². The SMILES string of the molecule is CCCCCCCCCCCCC/C=C/C(O)C(CO)NC(=O)CCCCCCCCCCCCCCCCCCCCCCOC(=O)CCCCCCCCCCCCCCCCCCC. The lowest BCUT2D eigenvalue weighted by Gasteiger charge is -2.20. The third-order valence-corrected chi connectivity index (χ3v) is 14.3. The second-order valence-electron chi connectivity index (χ2n) is 21.0. The number of nitrogens with one attached hydrogen (secondary N) is 1. The van der Waals surface area contributed by atoms with Crippen LogP contribution in [-0.4, -0.2) is 47.4 Å². The van der Waals surface area contributed by atoms with Gasteiger partial charge in [0, 0.05) is 12.8 Å². The molecule has 0 fully saturated rings. The molecule has 2 atom stereocenters. The van der Waals surface area contributed by atoms with Crippen LogP contribution in [-0.2, 0) is 14.3 Å². The number of unbranched alkanes of at least 4 members (excludes halogenated alkanes) is 46. The number of allylic oxidation sites excluding steroid dienone is 1. The number of rotatable bonds is 57. The van der Waals surface area contributed by atoms with Crippen molar-refractivity contribution in [1.82, 2.24) is 5.32 Å². The number of carbonyl (C=O) groups excluding carboxylic acids is 2. The fourth-order valence-electron chi connectivity index (χ4n) is 9.64. The number of amides is 1. The molecule has 0 rings (SSSR count). The largest absolute Gasteiger partial charge is 0.466 e. The van der Waals surface area contributed by atoms with E-state index in [4.69, 9.17) is 4.74 Å². The first-order valence-electron chi connectivity index (χ1n) is 30.5. The van der Waals surface area contributed by atoms with Crippen molar-refractivity contribution in [3.63, 3.8) is 0 Å². The zero-order valence-corrected chi connectivity index (χ0v) is 45.4. The highest BCUT2D eigenvalue weighted by molar-refractivity contribution is 5.76. The molecule has 0 saturated carbocycles. The highest BCUT2D eigenvalue weighted by Crippen LogP contribution is 2.18. The smallest absolute Gasteiger partial charge is 0.305 e. The third-order valence-electron chi connectivity index (χ3n) is 14.3. The number of carbonyl (C=O) groups is 2. The molecular formula is C61H119NO5. The van der Waals surface area contributed by atoms with Crippen molar-refractivity contribution in [3.8, 4) is 0 Å². The van der Waals surface area contributed by atoms with E-state index in [1.165, 1.54) is 276 Å². The minimum Gasteiger partial charge on any atom is -0.466 e. The Labute approximate surface area is 419 Å². The Kier molecular flexibility index (Phi) is 56.0. The highest BCUT2D eigenvalue weighted by Gasteiger charge is 2.18. The summed E-state index contributed by atoms with van der Waals surface area (Å²) in [5, 5.41) is 23.1. The lowest BCUT2D eigenvalue weighted by Crippen LogP contribution is -2.45. The van der Waals surface area contributed by atoms with Crippen LogP contribution in [0.4, 0.5) is 0 Å². The van der Waals surface area contributed by atoms with Gasteiger partial charge in [-0.1, -0.05) is 309 Å². The Balaban J connectivity index is 3.38. The summed E-state index contributed by atoms with van der Waals surface area (Å²) in [6.45, 7) is 4.92. The second kappa shape index (κ2) is 57.2. The molecule has 0 aliphatic heterocycles. The van der Waals surface area contributed by atoms with E-state index < -0.39 is 12.1 Å². The zero-order valence-electron chi connectivity index (χ0n) is 45.4. The Hall–Kier alpha value is -1.40. The summed E-state index contributed by atoms with van der Waals surface area (Å²) in [6.07, 6.45) is 68.2. The molecule has 398 valence electrons. The van der Waals surface area contributed by atoms with Gasteiger partial charge < -0.3 is 20.3 Å². The maximum Gasteiger partial charge on any atom is 0.305 e. The van der Waals surface area contributed by atoms with E-state index in [2.05, 4.69) is 19.2 Å². The summed E-state index contributed by atoms with van der Waals surface area (Å²) in [5.74, 6) is -0.0541. The lowest BCUT2D eigenvalue weighted by molar-refractivity contribution is -0.143. The molecule has 0 heterocycles. The van der Waals surface area contributed by atoms with E-state index in [1.807, 2.05) is 6.08 Å². The Morgan fingerprint density at radius 2 is 0.687 bits per heavy atom. The monoisotopic (exact) mass is 946 g/mol. The van der Waals surface area contributed by atoms with Gasteiger partial charge in [0.1, 0.15) is 0 Å². The molecule has 0 bridgehead atoms. The van der Waals surface area contributed by atoms with Crippen LogP contribution in [0.25, 0.3) is 0 Å². The first-order chi connectivity index (χ1) is 33.0. The van der Waals surface area contributed by atoms with E-state index in [0.29, 0.717) is 19.4 Å². The predicted molar refractivity (Wildman–Crippen MR) is 292 cm³/mol. The number of ether oxygens (including phenoxy) is 1. The Morgan fingerprint density at radius 3 is 1.01 bits per heavy atom. The average molecular weight is 947 g/mol. The molecule has 0 aromatic carbocycles. The van der Waals surface area contributed by atoms with Gasteiger partial charge in [0.05, 0.1) is 25.4 Å². The Bertz CT molecular complexity index is 1000. The minimum absolute atomic E-state index is 0.0144. The van der Waals surface area contributed by atoms with Gasteiger partial charge in [-0.05, 0) is 32.1 Å². The molecule has 0 aromatic heterocycles. The maximum atomic E-state index is 12.4. The second-order valence-corrected chi connectivity index (χ2v) is 21.0. The molecule has 0 spiro atoms. The van der Waals surface area contributed by atoms with Gasteiger partial charge in [-0.25, -0.2) is 0 Å². The van der Waals surface area contributed by atoms with Crippen LogP contribution >= 0.6 is 0 Å². The van der Waals surface area contributed by atoms with Crippen LogP contribution in [0.5, 0.6) is 0 Å². The normalized spacial score (nSPS) is 12.6. The molecule has 2 unspecified atom stereocenters. The Morgan fingerprint density at radius 1 is 0.403 bits per heavy atom. The summed E-state index contributed by atoms with van der Waals surface area (Å²) in [4.78, 5) is 24.5. The van der Waals surface area contributed by atoms with Gasteiger partial charge in [-0.3, -0.25) is 9.59 Å². The van der Waals surface area contributed by atoms with Crippen LogP contribution in [0, 0.1) is 0 Å². The molecule has 6 heteroatoms. The third kappa shape index (κ3) is 53.8. The van der Waals surface area contributed by atoms with Gasteiger partial charge in [0.2, 0.25) is 5.91 Å². The molecule has 1 amide bonds. The summed E-state index contributed by atoms with van der Waals surface area (Å²) in [7, 11) is 0. The van der Waals surface area contributed by atoms with Gasteiger partial charge in [0.25, 0.3) is 0 Å². The number of esters is 1. The fraction of sp³-hybridized carbons (Fsp3) is 0.934. The number of aliphatic hydroxyl groups is 2. The first kappa shape index (κ1) is 65.6. The fourth-order valence-corrected chi connectivity index (χ4v) is 9.64. The van der Waals surface area contributed by atoms with Crippen molar-refractivity contribution in [2.45, 2.75) is 353 Å². The van der Waals surface area contributed by atoms with E-state index in [-0.39, 0.29) is 18.5 Å². The van der Waals surface area contributed by atoms with Crippen molar-refractivity contribution in [1.29, 1.82) is 0 Å². The predicted octanol–water partition coefficient (Wildman–Crippen LogP) is 18.9. The van der Waals surface area contributed by atoms with Crippen LogP contribution in [0.15, 0.2) is 12.2 Å². The van der Waals surface area contributed by atoms with Gasteiger partial charge >= 0.3 is 5.97 Å². The number of hydrogen-bond donors (Lipinski definition) is 3. The lowest BCUT2D eigenvalue weighted by atomic mass is 10.0. The van der Waals surface area contributed by atoms with Gasteiger partial charge in [-0.2, -0.15) is 0 Å². The van der Waals surface area contributed by atoms with Crippen molar-refractivity contribution in [2.24, 2.45) is 0 Å². The van der Waals surface area contributed by atoms with E-state index in [0.717, 1.165) is 38.5 Å². The summed E-state index contributed by atoms with van der Waals surface area (Å²) < 4.78 is 5.50. The number of hydrogen-bond acceptors (Lipinski definition) is 5. The molecule has 0 radical (unpaired) electrons. The van der Waals surface area contributed by atoms with Crippen molar-refractivity contribution >= 4 is 11.9 Å². The van der Waals surface area contributed by atoms with Gasteiger partial charge in [-0.15, -0.1) is 0 Å². The molecule has 0 aliphatic carbocycles. The number of aliphatic hydroxyl groups excluding tert-OH is 2. The van der Waals surface area contributed by atoms with E-state index in [1.54, 1.807) is 6.08 Å². The summed E-state index contributed by atoms with van der Waals surface area (Å²) >= 11 is 0. The van der Waals surface area contributed by atoms with Crippen LogP contribution in [0.1, 0.15) is 341 Å². The molecule has 67 heavy (non-hydrogen) atoms. The van der Waals surface area contributed by atoms with Gasteiger partial charge in [0.15, 0.2) is 0 Å². The topological polar surface area (TPSA) is 95.9 Å². The molecule has 6 nitrogen and oxygen atoms in total. The quantitative estimate of drug-likeness (QED) is 0.0321. The van der Waals surface area contributed by atoms with Crippen molar-refractivity contribution in [2.75, 3.05) is 13.2 Å². The van der Waals surface area contributed by atoms with Crippen LogP contribution in [0.2, 0.25) is 0 Å². The molecule has 0 aromatic rings. The summed E-state index contributed by atoms with van der Waals surface area (Å²) in [5.41, 5.74) is 0. The molecule has 0 aliphatic rings. The molecular weight excluding hydrogens is 827 g/mol. The van der Waals surface area contributed by atoms with Crippen LogP contribution < -0.4 is 5.32 Å². The molecule has 0 saturated heterocycles. The van der Waals surface area contributed by atoms with Crippen molar-refractivity contribution < 1.29 is 24.5 Å². The minimum atomic E-state index is -0.844.